The van der Waals surface area contributed by atoms with Gasteiger partial charge in [-0.25, -0.2) is 0 Å². The molecule has 0 heterocycles. The highest BCUT2D eigenvalue weighted by atomic mass is 32.1. The van der Waals surface area contributed by atoms with Crippen molar-refractivity contribution < 1.29 is 29.1 Å². The lowest BCUT2D eigenvalue weighted by molar-refractivity contribution is -0.141. The molecule has 11 nitrogen and oxygen atoms in total. The van der Waals surface area contributed by atoms with Crippen LogP contribution in [0.4, 0.5) is 0 Å². The van der Waals surface area contributed by atoms with E-state index in [9.17, 15) is 24.0 Å². The van der Waals surface area contributed by atoms with Crippen molar-refractivity contribution in [3.05, 3.63) is 0 Å². The van der Waals surface area contributed by atoms with Gasteiger partial charge in [0.15, 0.2) is 0 Å². The van der Waals surface area contributed by atoms with Gasteiger partial charge < -0.3 is 32.5 Å². The van der Waals surface area contributed by atoms with Crippen LogP contribution in [0.2, 0.25) is 0 Å². The molecule has 0 aliphatic rings. The molecule has 4 amide bonds. The molecule has 25 heavy (non-hydrogen) atoms. The first kappa shape index (κ1) is 22.7. The van der Waals surface area contributed by atoms with Crippen LogP contribution >= 0.6 is 12.6 Å². The van der Waals surface area contributed by atoms with Gasteiger partial charge in [-0.3, -0.25) is 24.0 Å². The lowest BCUT2D eigenvalue weighted by Gasteiger charge is -2.22. The summed E-state index contributed by atoms with van der Waals surface area (Å²) >= 11 is 3.85. The molecule has 0 fully saturated rings. The van der Waals surface area contributed by atoms with Gasteiger partial charge in [0.1, 0.15) is 18.1 Å². The number of rotatable bonds is 10. The topological polar surface area (TPSA) is 194 Å². The summed E-state index contributed by atoms with van der Waals surface area (Å²) in [5.74, 6) is -4.39. The summed E-state index contributed by atoms with van der Waals surface area (Å²) in [6.07, 6.45) is -0.503. The van der Waals surface area contributed by atoms with E-state index in [-0.39, 0.29) is 5.75 Å². The predicted octanol–water partition coefficient (Wildman–Crippen LogP) is -3.30. The lowest BCUT2D eigenvalue weighted by atomic mass is 10.1. The summed E-state index contributed by atoms with van der Waals surface area (Å²) in [4.78, 5) is 57.5. The zero-order valence-electron chi connectivity index (χ0n) is 13.8. The minimum absolute atomic E-state index is 0.0165. The number of hydrogen-bond acceptors (Lipinski definition) is 7. The van der Waals surface area contributed by atoms with Gasteiger partial charge in [-0.05, 0) is 13.8 Å². The second-order valence-electron chi connectivity index (χ2n) is 5.32. The van der Waals surface area contributed by atoms with Crippen LogP contribution in [-0.4, -0.2) is 64.6 Å². The molecular weight excluding hydrogens is 354 g/mol. The third kappa shape index (κ3) is 8.35. The molecule has 0 saturated heterocycles. The molecule has 4 atom stereocenters. The molecule has 0 spiro atoms. The Kier molecular flexibility index (Phi) is 9.53. The Hall–Kier alpha value is -2.34. The maximum Gasteiger partial charge on any atom is 0.325 e. The van der Waals surface area contributed by atoms with Gasteiger partial charge in [0.2, 0.25) is 23.6 Å². The Morgan fingerprint density at radius 1 is 0.960 bits per heavy atom. The van der Waals surface area contributed by atoms with Crippen LogP contribution in [0.1, 0.15) is 20.3 Å². The summed E-state index contributed by atoms with van der Waals surface area (Å²) < 4.78 is 0. The molecule has 4 unspecified atom stereocenters. The summed E-state index contributed by atoms with van der Waals surface area (Å²) in [5, 5.41) is 15.4. The van der Waals surface area contributed by atoms with Gasteiger partial charge >= 0.3 is 5.97 Å². The maximum absolute atomic E-state index is 12.2. The van der Waals surface area contributed by atoms with Crippen molar-refractivity contribution >= 4 is 42.2 Å². The van der Waals surface area contributed by atoms with E-state index < -0.39 is 60.2 Å². The Morgan fingerprint density at radius 3 is 1.92 bits per heavy atom. The third-order valence-electron chi connectivity index (χ3n) is 3.05. The predicted molar refractivity (Wildman–Crippen MR) is 90.4 cm³/mol. The number of primary amides is 1. The molecule has 0 aliphatic heterocycles. The van der Waals surface area contributed by atoms with Crippen LogP contribution in [0.5, 0.6) is 0 Å². The highest BCUT2D eigenvalue weighted by Gasteiger charge is 2.28. The van der Waals surface area contributed by atoms with Gasteiger partial charge in [0, 0.05) is 5.75 Å². The van der Waals surface area contributed by atoms with Crippen molar-refractivity contribution in [1.29, 1.82) is 0 Å². The largest absolute Gasteiger partial charge is 0.480 e. The quantitative estimate of drug-likeness (QED) is 0.194. The van der Waals surface area contributed by atoms with Crippen molar-refractivity contribution in [2.75, 3.05) is 5.75 Å². The summed E-state index contributed by atoms with van der Waals surface area (Å²) in [6.45, 7) is 2.56. The number of carboxylic acids is 1. The van der Waals surface area contributed by atoms with Crippen molar-refractivity contribution in [3.8, 4) is 0 Å². The second-order valence-corrected chi connectivity index (χ2v) is 5.68. The first-order valence-corrected chi connectivity index (χ1v) is 7.91. The zero-order valence-corrected chi connectivity index (χ0v) is 14.7. The minimum Gasteiger partial charge on any atom is -0.480 e. The number of amides is 4. The number of nitrogens with two attached hydrogens (primary N) is 2. The number of carbonyl (C=O) groups excluding carboxylic acids is 4. The average molecular weight is 377 g/mol. The van der Waals surface area contributed by atoms with E-state index in [1.54, 1.807) is 0 Å². The first-order chi connectivity index (χ1) is 11.5. The van der Waals surface area contributed by atoms with Gasteiger partial charge in [-0.1, -0.05) is 0 Å². The average Bonchev–Trinajstić information content (AvgIpc) is 2.52. The van der Waals surface area contributed by atoms with Gasteiger partial charge in [0.25, 0.3) is 0 Å². The van der Waals surface area contributed by atoms with Crippen LogP contribution < -0.4 is 27.4 Å². The number of carboxylic acid groups (broad SMARTS) is 1. The summed E-state index contributed by atoms with van der Waals surface area (Å²) in [7, 11) is 0. The van der Waals surface area contributed by atoms with Gasteiger partial charge in [0.05, 0.1) is 12.5 Å². The maximum atomic E-state index is 12.2. The van der Waals surface area contributed by atoms with Crippen molar-refractivity contribution in [2.45, 2.75) is 44.4 Å². The Bertz CT molecular complexity index is 543. The standard InChI is InChI=1S/C13H23N5O6S/c1-5(10(20)17-6(2)13(23)24)16-12(22)8(3-9(15)19)18-11(21)7(14)4-25/h5-8,25H,3-4,14H2,1-2H3,(H2,15,19)(H,16,22)(H,17,20)(H,18,21)(H,23,24). The molecule has 142 valence electrons. The highest BCUT2D eigenvalue weighted by Crippen LogP contribution is 1.97. The normalized spacial score (nSPS) is 15.2. The Balaban J connectivity index is 4.90. The molecular formula is C13H23N5O6S. The van der Waals surface area contributed by atoms with Crippen LogP contribution in [0, 0.1) is 0 Å². The molecule has 0 aromatic heterocycles. The minimum atomic E-state index is -1.33. The number of nitrogens with one attached hydrogen (secondary N) is 3. The number of hydrogen-bond donors (Lipinski definition) is 7. The summed E-state index contributed by atoms with van der Waals surface area (Å²) in [5.41, 5.74) is 10.5. The molecule has 0 bridgehead atoms. The SMILES string of the molecule is CC(NC(=O)C(C)NC(=O)C(CC(N)=O)NC(=O)C(N)CS)C(=O)O. The van der Waals surface area contributed by atoms with Crippen molar-refractivity contribution in [1.82, 2.24) is 16.0 Å². The van der Waals surface area contributed by atoms with Crippen LogP contribution in [-0.2, 0) is 24.0 Å². The summed E-state index contributed by atoms with van der Waals surface area (Å²) in [6, 6.07) is -4.59. The van der Waals surface area contributed by atoms with E-state index in [0.717, 1.165) is 0 Å². The first-order valence-electron chi connectivity index (χ1n) is 7.28. The van der Waals surface area contributed by atoms with Gasteiger partial charge in [-0.2, -0.15) is 12.6 Å². The fraction of sp³-hybridized carbons (Fsp3) is 0.615. The monoisotopic (exact) mass is 377 g/mol. The van der Waals surface area contributed by atoms with Crippen LogP contribution in [0.15, 0.2) is 0 Å². The molecule has 0 aliphatic carbocycles. The molecule has 8 N–H and O–H groups in total. The number of aliphatic carboxylic acids is 1. The van der Waals surface area contributed by atoms with E-state index in [2.05, 4.69) is 28.6 Å². The molecule has 0 radical (unpaired) electrons. The van der Waals surface area contributed by atoms with E-state index in [4.69, 9.17) is 16.6 Å². The Labute approximate surface area is 149 Å². The van der Waals surface area contributed by atoms with E-state index in [0.29, 0.717) is 0 Å². The molecule has 0 saturated carbocycles. The van der Waals surface area contributed by atoms with Crippen LogP contribution in [0.3, 0.4) is 0 Å². The molecule has 0 rings (SSSR count). The van der Waals surface area contributed by atoms with E-state index >= 15 is 0 Å². The smallest absolute Gasteiger partial charge is 0.325 e. The van der Waals surface area contributed by atoms with E-state index in [1.807, 2.05) is 0 Å². The van der Waals surface area contributed by atoms with Crippen molar-refractivity contribution in [2.24, 2.45) is 11.5 Å². The highest BCUT2D eigenvalue weighted by molar-refractivity contribution is 7.80. The lowest BCUT2D eigenvalue weighted by Crippen LogP contribution is -2.57. The number of carbonyl (C=O) groups is 5. The fourth-order valence-corrected chi connectivity index (χ4v) is 1.72. The van der Waals surface area contributed by atoms with Crippen molar-refractivity contribution in [3.63, 3.8) is 0 Å². The number of thiol groups is 1. The Morgan fingerprint density at radius 2 is 1.48 bits per heavy atom. The molecule has 0 aromatic rings. The van der Waals surface area contributed by atoms with E-state index in [1.165, 1.54) is 13.8 Å². The molecule has 12 heteroatoms. The zero-order chi connectivity index (χ0) is 19.7. The third-order valence-corrected chi connectivity index (χ3v) is 3.45. The molecule has 0 aromatic carbocycles. The second kappa shape index (κ2) is 10.5. The fourth-order valence-electron chi connectivity index (χ4n) is 1.55. The van der Waals surface area contributed by atoms with Crippen LogP contribution in [0.25, 0.3) is 0 Å². The van der Waals surface area contributed by atoms with Gasteiger partial charge in [-0.15, -0.1) is 0 Å².